The van der Waals surface area contributed by atoms with Crippen molar-refractivity contribution in [3.05, 3.63) is 58.9 Å². The Balaban J connectivity index is 2.06. The van der Waals surface area contributed by atoms with Crippen molar-refractivity contribution in [3.63, 3.8) is 0 Å². The second-order valence-corrected chi connectivity index (χ2v) is 8.15. The summed E-state index contributed by atoms with van der Waals surface area (Å²) in [6.45, 7) is 10.8. The number of anilines is 1. The van der Waals surface area contributed by atoms with Crippen LogP contribution in [0.1, 0.15) is 37.9 Å². The monoisotopic (exact) mass is 405 g/mol. The molecule has 0 spiro atoms. The third kappa shape index (κ3) is 3.38. The highest BCUT2D eigenvalue weighted by molar-refractivity contribution is 6.37. The van der Waals surface area contributed by atoms with Crippen molar-refractivity contribution in [1.29, 1.82) is 0 Å². The molecule has 0 atom stereocenters. The minimum absolute atomic E-state index is 0.741. The summed E-state index contributed by atoms with van der Waals surface area (Å²) in [4.78, 5) is 10.9. The number of H-pyrrole nitrogens is 1. The zero-order valence-electron chi connectivity index (χ0n) is 17.6. The molecule has 2 aromatic carbocycles. The van der Waals surface area contributed by atoms with Gasteiger partial charge in [0.25, 0.3) is 0 Å². The first kappa shape index (κ1) is 19.8. The molecule has 0 amide bonds. The number of benzene rings is 2. The van der Waals surface area contributed by atoms with Crippen molar-refractivity contribution in [2.24, 2.45) is 0 Å². The van der Waals surface area contributed by atoms with Crippen LogP contribution in [0, 0.1) is 13.8 Å². The van der Waals surface area contributed by atoms with Crippen molar-refractivity contribution in [2.45, 2.75) is 40.5 Å². The SMILES string of the molecule is CCCN(CCC)c1c(C)nc(-c2c(C)ccc3[nH]cc(Cl)c23)c2ccccc12. The highest BCUT2D eigenvalue weighted by Crippen LogP contribution is 2.41. The number of aryl methyl sites for hydroxylation is 2. The van der Waals surface area contributed by atoms with E-state index in [0.29, 0.717) is 0 Å². The first-order chi connectivity index (χ1) is 14.1. The number of aromatic nitrogens is 2. The summed E-state index contributed by atoms with van der Waals surface area (Å²) in [5.74, 6) is 0. The average Bonchev–Trinajstić information content (AvgIpc) is 3.08. The van der Waals surface area contributed by atoms with Gasteiger partial charge in [-0.3, -0.25) is 4.98 Å². The molecular formula is C25H28ClN3. The van der Waals surface area contributed by atoms with Crippen LogP contribution in [0.15, 0.2) is 42.6 Å². The van der Waals surface area contributed by atoms with Gasteiger partial charge in [0.1, 0.15) is 0 Å². The van der Waals surface area contributed by atoms with Crippen LogP contribution in [0.25, 0.3) is 32.9 Å². The number of aromatic amines is 1. The van der Waals surface area contributed by atoms with Gasteiger partial charge in [0.2, 0.25) is 0 Å². The van der Waals surface area contributed by atoms with E-state index in [1.807, 2.05) is 6.20 Å². The first-order valence-electron chi connectivity index (χ1n) is 10.5. The molecular weight excluding hydrogens is 378 g/mol. The summed E-state index contributed by atoms with van der Waals surface area (Å²) in [6, 6.07) is 12.9. The van der Waals surface area contributed by atoms with E-state index in [1.165, 1.54) is 22.0 Å². The fourth-order valence-corrected chi connectivity index (χ4v) is 4.68. The number of halogens is 1. The van der Waals surface area contributed by atoms with E-state index in [-0.39, 0.29) is 0 Å². The second kappa shape index (κ2) is 8.08. The molecule has 1 N–H and O–H groups in total. The van der Waals surface area contributed by atoms with Gasteiger partial charge in [0.15, 0.2) is 0 Å². The van der Waals surface area contributed by atoms with Crippen LogP contribution < -0.4 is 4.90 Å². The van der Waals surface area contributed by atoms with Crippen LogP contribution in [0.3, 0.4) is 0 Å². The van der Waals surface area contributed by atoms with Crippen molar-refractivity contribution in [3.8, 4) is 11.3 Å². The molecule has 2 heterocycles. The van der Waals surface area contributed by atoms with E-state index in [9.17, 15) is 0 Å². The maximum absolute atomic E-state index is 6.59. The smallest absolute Gasteiger partial charge is 0.0795 e. The van der Waals surface area contributed by atoms with Gasteiger partial charge in [-0.15, -0.1) is 0 Å². The lowest BCUT2D eigenvalue weighted by molar-refractivity contribution is 0.743. The molecule has 0 aliphatic carbocycles. The van der Waals surface area contributed by atoms with Crippen LogP contribution in [-0.2, 0) is 0 Å². The molecule has 0 saturated carbocycles. The Kier molecular flexibility index (Phi) is 5.51. The highest BCUT2D eigenvalue weighted by Gasteiger charge is 2.20. The van der Waals surface area contributed by atoms with E-state index in [4.69, 9.17) is 16.6 Å². The molecule has 0 radical (unpaired) electrons. The largest absolute Gasteiger partial charge is 0.370 e. The van der Waals surface area contributed by atoms with Crippen molar-refractivity contribution >= 4 is 39.0 Å². The molecule has 150 valence electrons. The molecule has 3 nitrogen and oxygen atoms in total. The predicted molar refractivity (Wildman–Crippen MR) is 126 cm³/mol. The van der Waals surface area contributed by atoms with Crippen LogP contribution in [0.4, 0.5) is 5.69 Å². The summed E-state index contributed by atoms with van der Waals surface area (Å²) in [5, 5.41) is 4.23. The first-order valence-corrected chi connectivity index (χ1v) is 10.8. The fraction of sp³-hybridized carbons (Fsp3) is 0.320. The third-order valence-corrected chi connectivity index (χ3v) is 5.90. The Hall–Kier alpha value is -2.52. The number of fused-ring (bicyclic) bond motifs is 2. The lowest BCUT2D eigenvalue weighted by atomic mass is 9.95. The Morgan fingerprint density at radius 1 is 0.966 bits per heavy atom. The standard InChI is InChI=1S/C25H28ClN3/c1-5-13-29(14-6-2)25-17(4)28-24(18-9-7-8-10-19(18)25)22-16(3)11-12-21-23(22)20(26)15-27-21/h7-12,15,27H,5-6,13-14H2,1-4H3. The highest BCUT2D eigenvalue weighted by atomic mass is 35.5. The van der Waals surface area contributed by atoms with Crippen molar-refractivity contribution in [1.82, 2.24) is 9.97 Å². The van der Waals surface area contributed by atoms with Crippen LogP contribution in [0.2, 0.25) is 5.02 Å². The van der Waals surface area contributed by atoms with E-state index >= 15 is 0 Å². The number of hydrogen-bond donors (Lipinski definition) is 1. The van der Waals surface area contributed by atoms with Gasteiger partial charge < -0.3 is 9.88 Å². The van der Waals surface area contributed by atoms with Crippen molar-refractivity contribution < 1.29 is 0 Å². The zero-order valence-corrected chi connectivity index (χ0v) is 18.4. The van der Waals surface area contributed by atoms with Gasteiger partial charge in [0.05, 0.1) is 22.1 Å². The Bertz CT molecular complexity index is 1170. The van der Waals surface area contributed by atoms with Gasteiger partial charge in [-0.25, -0.2) is 0 Å². The molecule has 0 saturated heterocycles. The van der Waals surface area contributed by atoms with Crippen LogP contribution >= 0.6 is 11.6 Å². The zero-order chi connectivity index (χ0) is 20.5. The number of nitrogens with zero attached hydrogens (tertiary/aromatic N) is 2. The van der Waals surface area contributed by atoms with E-state index < -0.39 is 0 Å². The molecule has 0 aliphatic heterocycles. The molecule has 2 aromatic heterocycles. The molecule has 4 aromatic rings. The van der Waals surface area contributed by atoms with Gasteiger partial charge in [-0.2, -0.15) is 0 Å². The topological polar surface area (TPSA) is 31.9 Å². The van der Waals surface area contributed by atoms with Crippen LogP contribution in [0.5, 0.6) is 0 Å². The van der Waals surface area contributed by atoms with Gasteiger partial charge in [0, 0.05) is 46.5 Å². The Morgan fingerprint density at radius 3 is 2.34 bits per heavy atom. The molecule has 0 fully saturated rings. The number of pyridine rings is 1. The summed E-state index contributed by atoms with van der Waals surface area (Å²) in [5.41, 5.74) is 6.70. The van der Waals surface area contributed by atoms with Crippen LogP contribution in [-0.4, -0.2) is 23.1 Å². The molecule has 29 heavy (non-hydrogen) atoms. The minimum Gasteiger partial charge on any atom is -0.370 e. The molecule has 0 aliphatic rings. The average molecular weight is 406 g/mol. The predicted octanol–water partition coefficient (Wildman–Crippen LogP) is 7.28. The quantitative estimate of drug-likeness (QED) is 0.365. The maximum atomic E-state index is 6.59. The lowest BCUT2D eigenvalue weighted by Gasteiger charge is -2.27. The van der Waals surface area contributed by atoms with E-state index in [1.54, 1.807) is 0 Å². The molecule has 4 rings (SSSR count). The van der Waals surface area contributed by atoms with E-state index in [0.717, 1.165) is 58.8 Å². The van der Waals surface area contributed by atoms with E-state index in [2.05, 4.69) is 74.0 Å². The normalized spacial score (nSPS) is 11.5. The molecule has 0 unspecified atom stereocenters. The summed E-state index contributed by atoms with van der Waals surface area (Å²) in [6.07, 6.45) is 4.10. The van der Waals surface area contributed by atoms with Gasteiger partial charge >= 0.3 is 0 Å². The number of hydrogen-bond acceptors (Lipinski definition) is 2. The Morgan fingerprint density at radius 2 is 1.66 bits per heavy atom. The summed E-state index contributed by atoms with van der Waals surface area (Å²) >= 11 is 6.59. The second-order valence-electron chi connectivity index (χ2n) is 7.74. The number of rotatable bonds is 6. The third-order valence-electron chi connectivity index (χ3n) is 5.61. The minimum atomic E-state index is 0.741. The molecule has 0 bridgehead atoms. The van der Waals surface area contributed by atoms with Gasteiger partial charge in [-0.1, -0.05) is 55.8 Å². The number of nitrogens with one attached hydrogen (secondary N) is 1. The molecule has 4 heteroatoms. The fourth-order valence-electron chi connectivity index (χ4n) is 4.43. The summed E-state index contributed by atoms with van der Waals surface area (Å²) in [7, 11) is 0. The maximum Gasteiger partial charge on any atom is 0.0795 e. The van der Waals surface area contributed by atoms with Gasteiger partial charge in [-0.05, 0) is 38.3 Å². The Labute approximate surface area is 177 Å². The lowest BCUT2D eigenvalue weighted by Crippen LogP contribution is -2.26. The van der Waals surface area contributed by atoms with Crippen molar-refractivity contribution in [2.75, 3.05) is 18.0 Å². The summed E-state index contributed by atoms with van der Waals surface area (Å²) < 4.78 is 0.